The molecule has 1 aromatic heterocycles. The molecule has 19 heavy (non-hydrogen) atoms. The van der Waals surface area contributed by atoms with Crippen LogP contribution in [0.3, 0.4) is 0 Å². The van der Waals surface area contributed by atoms with Crippen LogP contribution in [-0.4, -0.2) is 29.5 Å². The van der Waals surface area contributed by atoms with Crippen molar-refractivity contribution in [1.82, 2.24) is 15.1 Å². The highest BCUT2D eigenvalue weighted by molar-refractivity contribution is 9.10. The van der Waals surface area contributed by atoms with Gasteiger partial charge in [0.1, 0.15) is 0 Å². The summed E-state index contributed by atoms with van der Waals surface area (Å²) in [7, 11) is 1.97. The molecule has 0 bridgehead atoms. The fourth-order valence-corrected chi connectivity index (χ4v) is 2.93. The molecular formula is C14H26BrN3O. The maximum absolute atomic E-state index is 6.01. The van der Waals surface area contributed by atoms with Crippen molar-refractivity contribution in [1.29, 1.82) is 0 Å². The van der Waals surface area contributed by atoms with Crippen molar-refractivity contribution in [3.63, 3.8) is 0 Å². The third-order valence-electron chi connectivity index (χ3n) is 3.24. The Bertz CT molecular complexity index is 398. The zero-order valence-corrected chi connectivity index (χ0v) is 14.4. The molecule has 0 radical (unpaired) electrons. The van der Waals surface area contributed by atoms with Crippen molar-refractivity contribution in [3.05, 3.63) is 16.4 Å². The summed E-state index contributed by atoms with van der Waals surface area (Å²) in [6.45, 7) is 12.3. The molecule has 2 unspecified atom stereocenters. The summed E-state index contributed by atoms with van der Waals surface area (Å²) in [5.74, 6) is 0. The summed E-state index contributed by atoms with van der Waals surface area (Å²) in [6.07, 6.45) is 1.94. The number of aryl methyl sites for hydroxylation is 1. The Balaban J connectivity index is 3.19. The van der Waals surface area contributed by atoms with Gasteiger partial charge in [0.15, 0.2) is 0 Å². The normalized spacial score (nSPS) is 15.5. The van der Waals surface area contributed by atoms with E-state index in [9.17, 15) is 0 Å². The van der Waals surface area contributed by atoms with E-state index in [4.69, 9.17) is 4.74 Å². The van der Waals surface area contributed by atoms with Crippen molar-refractivity contribution in [2.45, 2.75) is 53.3 Å². The third-order valence-corrected chi connectivity index (χ3v) is 3.85. The van der Waals surface area contributed by atoms with Crippen LogP contribution < -0.4 is 5.32 Å². The predicted molar refractivity (Wildman–Crippen MR) is 82.3 cm³/mol. The lowest BCUT2D eigenvalue weighted by molar-refractivity contribution is -0.0369. The number of hydrogen-bond donors (Lipinski definition) is 1. The number of likely N-dealkylation sites (N-methyl/N-ethyl adjacent to an activating group) is 1. The highest BCUT2D eigenvalue weighted by Crippen LogP contribution is 2.35. The number of nitrogens with one attached hydrogen (secondary N) is 1. The van der Waals surface area contributed by atoms with E-state index in [1.165, 1.54) is 0 Å². The summed E-state index contributed by atoms with van der Waals surface area (Å²) >= 11 is 3.61. The molecule has 1 N–H and O–H groups in total. The largest absolute Gasteiger partial charge is 0.376 e. The second-order valence-electron chi connectivity index (χ2n) is 5.70. The Kier molecular flexibility index (Phi) is 6.02. The van der Waals surface area contributed by atoms with E-state index >= 15 is 0 Å². The summed E-state index contributed by atoms with van der Waals surface area (Å²) in [4.78, 5) is 0. The van der Waals surface area contributed by atoms with Crippen molar-refractivity contribution >= 4 is 15.9 Å². The highest BCUT2D eigenvalue weighted by Gasteiger charge is 2.35. The molecule has 0 amide bonds. The highest BCUT2D eigenvalue weighted by atomic mass is 79.9. The van der Waals surface area contributed by atoms with E-state index in [2.05, 4.69) is 54.0 Å². The first-order chi connectivity index (χ1) is 8.86. The van der Waals surface area contributed by atoms with E-state index in [0.29, 0.717) is 6.61 Å². The van der Waals surface area contributed by atoms with E-state index in [1.54, 1.807) is 0 Å². The second-order valence-corrected chi connectivity index (χ2v) is 6.56. The topological polar surface area (TPSA) is 39.1 Å². The fourth-order valence-electron chi connectivity index (χ4n) is 2.39. The first kappa shape index (κ1) is 16.7. The summed E-state index contributed by atoms with van der Waals surface area (Å²) in [5.41, 5.74) is 1.20. The van der Waals surface area contributed by atoms with E-state index < -0.39 is 0 Å². The number of aromatic nitrogens is 2. The van der Waals surface area contributed by atoms with Crippen LogP contribution in [0.25, 0.3) is 0 Å². The Hall–Kier alpha value is -0.390. The van der Waals surface area contributed by atoms with Crippen molar-refractivity contribution < 1.29 is 4.74 Å². The number of hydrogen-bond acceptors (Lipinski definition) is 3. The van der Waals surface area contributed by atoms with Crippen LogP contribution in [0.4, 0.5) is 0 Å². The van der Waals surface area contributed by atoms with Gasteiger partial charge in [-0.05, 0) is 42.2 Å². The van der Waals surface area contributed by atoms with Gasteiger partial charge < -0.3 is 10.1 Å². The minimum atomic E-state index is 0.0476. The molecule has 5 heteroatoms. The molecular weight excluding hydrogens is 306 g/mol. The zero-order valence-electron chi connectivity index (χ0n) is 12.8. The maximum atomic E-state index is 6.01. The van der Waals surface area contributed by atoms with Crippen molar-refractivity contribution in [2.24, 2.45) is 5.41 Å². The maximum Gasteiger partial charge on any atom is 0.0833 e. The molecule has 1 heterocycles. The lowest BCUT2D eigenvalue weighted by Gasteiger charge is -2.37. The molecule has 4 nitrogen and oxygen atoms in total. The van der Waals surface area contributed by atoms with Gasteiger partial charge in [-0.25, -0.2) is 0 Å². The second kappa shape index (κ2) is 6.86. The molecule has 0 aliphatic carbocycles. The van der Waals surface area contributed by atoms with Gasteiger partial charge in [0.05, 0.1) is 28.5 Å². The van der Waals surface area contributed by atoms with Crippen LogP contribution in [0.15, 0.2) is 10.7 Å². The van der Waals surface area contributed by atoms with Crippen LogP contribution in [0.5, 0.6) is 0 Å². The average Bonchev–Trinajstić information content (AvgIpc) is 2.70. The summed E-state index contributed by atoms with van der Waals surface area (Å²) in [6, 6.07) is 0.108. The molecule has 0 saturated heterocycles. The lowest BCUT2D eigenvalue weighted by atomic mass is 9.83. The average molecular weight is 332 g/mol. The van der Waals surface area contributed by atoms with Gasteiger partial charge in [0.2, 0.25) is 0 Å². The van der Waals surface area contributed by atoms with E-state index in [1.807, 2.05) is 24.9 Å². The van der Waals surface area contributed by atoms with E-state index in [0.717, 1.165) is 16.7 Å². The molecule has 0 aromatic carbocycles. The molecule has 0 fully saturated rings. The Labute approximate surface area is 125 Å². The third kappa shape index (κ3) is 3.80. The smallest absolute Gasteiger partial charge is 0.0833 e. The summed E-state index contributed by atoms with van der Waals surface area (Å²) in [5, 5.41) is 7.80. The number of rotatable bonds is 6. The zero-order chi connectivity index (χ0) is 14.6. The standard InChI is InChI=1S/C14H26BrN3O/c1-7-18-12(10(15)9-17-18)11(16-6)13(19-8-2)14(3,4)5/h9,11,13,16H,7-8H2,1-6H3. The molecule has 2 atom stereocenters. The predicted octanol–water partition coefficient (Wildman–Crippen LogP) is 3.38. The Morgan fingerprint density at radius 2 is 2.05 bits per heavy atom. The number of nitrogens with zero attached hydrogens (tertiary/aromatic N) is 2. The van der Waals surface area contributed by atoms with Gasteiger partial charge in [-0.1, -0.05) is 20.8 Å². The molecule has 110 valence electrons. The van der Waals surface area contributed by atoms with Gasteiger partial charge >= 0.3 is 0 Å². The molecule has 0 saturated carbocycles. The molecule has 1 rings (SSSR count). The minimum Gasteiger partial charge on any atom is -0.376 e. The SMILES string of the molecule is CCOC(C(NC)c1c(Br)cnn1CC)C(C)(C)C. The molecule has 0 aliphatic rings. The number of halogens is 1. The lowest BCUT2D eigenvalue weighted by Crippen LogP contribution is -2.42. The van der Waals surface area contributed by atoms with Crippen LogP contribution in [0.2, 0.25) is 0 Å². The van der Waals surface area contributed by atoms with Gasteiger partial charge in [-0.15, -0.1) is 0 Å². The van der Waals surface area contributed by atoms with Crippen molar-refractivity contribution in [2.75, 3.05) is 13.7 Å². The first-order valence-electron chi connectivity index (χ1n) is 6.86. The van der Waals surface area contributed by atoms with Crippen LogP contribution in [0, 0.1) is 5.41 Å². The van der Waals surface area contributed by atoms with E-state index in [-0.39, 0.29) is 17.6 Å². The van der Waals surface area contributed by atoms with Gasteiger partial charge in [0, 0.05) is 13.2 Å². The van der Waals surface area contributed by atoms with Gasteiger partial charge in [-0.2, -0.15) is 5.10 Å². The Morgan fingerprint density at radius 3 is 2.47 bits per heavy atom. The van der Waals surface area contributed by atoms with Gasteiger partial charge in [-0.3, -0.25) is 4.68 Å². The van der Waals surface area contributed by atoms with Crippen LogP contribution in [0.1, 0.15) is 46.4 Å². The van der Waals surface area contributed by atoms with Crippen LogP contribution >= 0.6 is 15.9 Å². The molecule has 0 spiro atoms. The van der Waals surface area contributed by atoms with Crippen molar-refractivity contribution in [3.8, 4) is 0 Å². The molecule has 1 aromatic rings. The quantitative estimate of drug-likeness (QED) is 0.868. The minimum absolute atomic E-state index is 0.0476. The first-order valence-corrected chi connectivity index (χ1v) is 7.66. The fraction of sp³-hybridized carbons (Fsp3) is 0.786. The molecule has 0 aliphatic heterocycles. The number of ether oxygens (including phenoxy) is 1. The monoisotopic (exact) mass is 331 g/mol. The summed E-state index contributed by atoms with van der Waals surface area (Å²) < 4.78 is 9.06. The van der Waals surface area contributed by atoms with Crippen LogP contribution in [-0.2, 0) is 11.3 Å². The Morgan fingerprint density at radius 1 is 1.42 bits per heavy atom. The van der Waals surface area contributed by atoms with Gasteiger partial charge in [0.25, 0.3) is 0 Å².